The Morgan fingerprint density at radius 2 is 1.92 bits per heavy atom. The van der Waals surface area contributed by atoms with Gasteiger partial charge in [0.1, 0.15) is 18.0 Å². The van der Waals surface area contributed by atoms with Gasteiger partial charge in [0.15, 0.2) is 11.6 Å². The highest BCUT2D eigenvalue weighted by Crippen LogP contribution is 2.47. The first-order chi connectivity index (χ1) is 17.6. The number of fused-ring (bicyclic) bond motifs is 4. The Hall–Kier alpha value is -4.32. The van der Waals surface area contributed by atoms with E-state index in [9.17, 15) is 15.2 Å². The summed E-state index contributed by atoms with van der Waals surface area (Å²) in [5, 5.41) is 24.0. The van der Waals surface area contributed by atoms with Crippen molar-refractivity contribution in [2.75, 3.05) is 5.32 Å². The van der Waals surface area contributed by atoms with Crippen LogP contribution in [0.25, 0.3) is 33.4 Å². The van der Waals surface area contributed by atoms with Crippen LogP contribution in [0.4, 0.5) is 10.2 Å². The zero-order valence-corrected chi connectivity index (χ0v) is 19.3. The second kappa shape index (κ2) is 8.72. The fourth-order valence-corrected chi connectivity index (χ4v) is 6.06. The first kappa shape index (κ1) is 22.2. The minimum Gasteiger partial charge on any atom is -0.481 e. The van der Waals surface area contributed by atoms with Gasteiger partial charge in [-0.3, -0.25) is 4.79 Å². The molecule has 0 amide bonds. The molecule has 3 fully saturated rings. The van der Waals surface area contributed by atoms with Crippen LogP contribution in [0.5, 0.6) is 0 Å². The first-order valence-electron chi connectivity index (χ1n) is 12.0. The Morgan fingerprint density at radius 3 is 2.64 bits per heavy atom. The van der Waals surface area contributed by atoms with E-state index >= 15 is 4.39 Å². The second-order valence-electron chi connectivity index (χ2n) is 9.55. The maximum Gasteiger partial charge on any atom is 0.308 e. The van der Waals surface area contributed by atoms with Crippen molar-refractivity contribution < 1.29 is 14.3 Å². The van der Waals surface area contributed by atoms with E-state index in [0.29, 0.717) is 22.2 Å². The number of H-pyrrole nitrogens is 1. The molecule has 3 saturated carbocycles. The van der Waals surface area contributed by atoms with Crippen LogP contribution >= 0.6 is 0 Å². The van der Waals surface area contributed by atoms with E-state index in [0.717, 1.165) is 25.7 Å². The molecule has 7 rings (SSSR count). The van der Waals surface area contributed by atoms with Gasteiger partial charge in [-0.05, 0) is 43.1 Å². The van der Waals surface area contributed by atoms with Crippen molar-refractivity contribution in [3.8, 4) is 28.5 Å². The summed E-state index contributed by atoms with van der Waals surface area (Å²) in [5.74, 6) is -2.00. The number of benzene rings is 1. The highest BCUT2D eigenvalue weighted by atomic mass is 19.1. The van der Waals surface area contributed by atoms with Crippen molar-refractivity contribution in [3.63, 3.8) is 0 Å². The molecular weight excluding hydrogens is 459 g/mol. The van der Waals surface area contributed by atoms with Crippen molar-refractivity contribution in [2.24, 2.45) is 17.8 Å². The Balaban J connectivity index is 1.56. The maximum atomic E-state index is 16.2. The number of hydrogen-bond donors (Lipinski definition) is 3. The maximum absolute atomic E-state index is 16.2. The monoisotopic (exact) mass is 482 g/mol. The van der Waals surface area contributed by atoms with Gasteiger partial charge in [0.05, 0.1) is 17.2 Å². The number of aromatic amines is 1. The zero-order valence-electron chi connectivity index (χ0n) is 19.3. The lowest BCUT2D eigenvalue weighted by Gasteiger charge is -2.47. The van der Waals surface area contributed by atoms with E-state index in [1.54, 1.807) is 36.7 Å². The third-order valence-electron chi connectivity index (χ3n) is 7.73. The Labute approximate surface area is 206 Å². The van der Waals surface area contributed by atoms with Crippen LogP contribution in [0.15, 0.2) is 49.1 Å². The molecule has 1 unspecified atom stereocenters. The largest absolute Gasteiger partial charge is 0.481 e. The summed E-state index contributed by atoms with van der Waals surface area (Å²) in [4.78, 5) is 28.2. The van der Waals surface area contributed by atoms with Gasteiger partial charge in [-0.1, -0.05) is 30.3 Å². The number of halogens is 1. The summed E-state index contributed by atoms with van der Waals surface area (Å²) in [6.45, 7) is 0. The molecule has 2 atom stereocenters. The molecule has 180 valence electrons. The van der Waals surface area contributed by atoms with Gasteiger partial charge in [0.2, 0.25) is 0 Å². The van der Waals surface area contributed by atoms with E-state index in [2.05, 4.69) is 31.3 Å². The highest BCUT2D eigenvalue weighted by Gasteiger charge is 2.47. The topological polar surface area (TPSA) is 128 Å². The van der Waals surface area contributed by atoms with Crippen LogP contribution in [0, 0.1) is 34.9 Å². The molecule has 8 nitrogen and oxygen atoms in total. The zero-order chi connectivity index (χ0) is 24.8. The molecule has 0 spiro atoms. The average Bonchev–Trinajstić information content (AvgIpc) is 3.34. The lowest BCUT2D eigenvalue weighted by molar-refractivity contribution is -0.148. The molecule has 2 bridgehead atoms. The molecule has 3 aliphatic carbocycles. The number of hydrogen-bond acceptors (Lipinski definition) is 6. The van der Waals surface area contributed by atoms with E-state index in [4.69, 9.17) is 0 Å². The number of carbonyl (C=O) groups is 1. The van der Waals surface area contributed by atoms with Gasteiger partial charge in [-0.15, -0.1) is 0 Å². The molecule has 3 aromatic heterocycles. The lowest BCUT2D eigenvalue weighted by atomic mass is 9.61. The van der Waals surface area contributed by atoms with Gasteiger partial charge in [-0.2, -0.15) is 5.26 Å². The Bertz CT molecular complexity index is 1500. The van der Waals surface area contributed by atoms with Crippen LogP contribution in [0.1, 0.15) is 31.2 Å². The van der Waals surface area contributed by atoms with Gasteiger partial charge in [0.25, 0.3) is 0 Å². The predicted molar refractivity (Wildman–Crippen MR) is 131 cm³/mol. The highest BCUT2D eigenvalue weighted by molar-refractivity contribution is 5.95. The number of aromatic nitrogens is 4. The molecule has 0 radical (unpaired) electrons. The fraction of sp³-hybridized carbons (Fsp3) is 0.296. The number of rotatable bonds is 5. The van der Waals surface area contributed by atoms with Crippen molar-refractivity contribution in [1.29, 1.82) is 5.26 Å². The molecule has 0 saturated heterocycles. The van der Waals surface area contributed by atoms with Crippen molar-refractivity contribution in [1.82, 2.24) is 19.9 Å². The van der Waals surface area contributed by atoms with Gasteiger partial charge < -0.3 is 15.4 Å². The molecule has 3 aliphatic rings. The number of nitriles is 1. The Morgan fingerprint density at radius 1 is 1.17 bits per heavy atom. The first-order valence-corrected chi connectivity index (χ1v) is 12.0. The third-order valence-corrected chi connectivity index (χ3v) is 7.73. The quantitative estimate of drug-likeness (QED) is 0.365. The van der Waals surface area contributed by atoms with Crippen LogP contribution < -0.4 is 5.32 Å². The number of anilines is 1. The smallest absolute Gasteiger partial charge is 0.308 e. The summed E-state index contributed by atoms with van der Waals surface area (Å²) in [6, 6.07) is 10.6. The summed E-state index contributed by atoms with van der Waals surface area (Å²) in [7, 11) is 0. The predicted octanol–water partition coefficient (Wildman–Crippen LogP) is 5.00. The second-order valence-corrected chi connectivity index (χ2v) is 9.55. The van der Waals surface area contributed by atoms with Crippen LogP contribution in [0.2, 0.25) is 0 Å². The SMILES string of the molecule is N#Cc1c(-c2c[nH]c3ncncc23)nc(NC2C3CCC(CC3)[C@H]2C(=O)O)c(F)c1-c1ccccc1. The third kappa shape index (κ3) is 3.49. The fourth-order valence-electron chi connectivity index (χ4n) is 6.06. The molecule has 0 aliphatic heterocycles. The van der Waals surface area contributed by atoms with Gasteiger partial charge in [-0.25, -0.2) is 19.3 Å². The number of nitrogens with one attached hydrogen (secondary N) is 2. The summed E-state index contributed by atoms with van der Waals surface area (Å²) >= 11 is 0. The van der Waals surface area contributed by atoms with E-state index in [1.165, 1.54) is 6.33 Å². The van der Waals surface area contributed by atoms with Gasteiger partial charge >= 0.3 is 5.97 Å². The standard InChI is InChI=1S/C27H23FN6O2/c28-22-20(14-4-2-1-3-5-14)17(10-29)24(18-12-31-25-19(18)11-30-13-32-25)34-26(22)33-23-16-8-6-15(7-9-16)21(23)27(35)36/h1-5,11-13,15-16,21,23H,6-9H2,(H,33,34)(H,35,36)(H,30,31,32)/t15?,16?,21-,23?/m1/s1. The molecule has 3 N–H and O–H groups in total. The number of pyridine rings is 1. The molecule has 4 aromatic rings. The summed E-state index contributed by atoms with van der Waals surface area (Å²) in [6.07, 6.45) is 8.28. The van der Waals surface area contributed by atoms with Crippen molar-refractivity contribution >= 4 is 22.8 Å². The molecular formula is C27H23FN6O2. The summed E-state index contributed by atoms with van der Waals surface area (Å²) < 4.78 is 16.2. The molecule has 36 heavy (non-hydrogen) atoms. The minimum atomic E-state index is -0.867. The summed E-state index contributed by atoms with van der Waals surface area (Å²) in [5.41, 5.74) is 2.19. The van der Waals surface area contributed by atoms with Crippen LogP contribution in [0.3, 0.4) is 0 Å². The van der Waals surface area contributed by atoms with Crippen LogP contribution in [-0.4, -0.2) is 37.1 Å². The van der Waals surface area contributed by atoms with Crippen LogP contribution in [-0.2, 0) is 4.79 Å². The number of carboxylic acid groups (broad SMARTS) is 1. The minimum absolute atomic E-state index is 0.0437. The lowest BCUT2D eigenvalue weighted by Crippen LogP contribution is -2.51. The normalized spacial score (nSPS) is 22.9. The average molecular weight is 483 g/mol. The van der Waals surface area contributed by atoms with Gasteiger partial charge in [0, 0.05) is 34.9 Å². The molecule has 1 aromatic carbocycles. The van der Waals surface area contributed by atoms with E-state index < -0.39 is 23.7 Å². The number of carboxylic acids is 1. The number of nitrogens with zero attached hydrogens (tertiary/aromatic N) is 4. The molecule has 3 heterocycles. The Kier molecular flexibility index (Phi) is 5.37. The van der Waals surface area contributed by atoms with Crippen molar-refractivity contribution in [3.05, 3.63) is 60.4 Å². The van der Waals surface area contributed by atoms with E-state index in [1.807, 2.05) is 6.07 Å². The van der Waals surface area contributed by atoms with Crippen molar-refractivity contribution in [2.45, 2.75) is 31.7 Å². The molecule has 9 heteroatoms. The number of aliphatic carboxylic acids is 1. The van der Waals surface area contributed by atoms with E-state index in [-0.39, 0.29) is 34.5 Å².